The second-order valence-electron chi connectivity index (χ2n) is 6.93. The van der Waals surface area contributed by atoms with E-state index in [1.165, 1.54) is 0 Å². The highest BCUT2D eigenvalue weighted by Crippen LogP contribution is 2.40. The van der Waals surface area contributed by atoms with Crippen LogP contribution in [0.2, 0.25) is 0 Å². The Kier molecular flexibility index (Phi) is 3.96. The molecule has 6 nitrogen and oxygen atoms in total. The van der Waals surface area contributed by atoms with E-state index < -0.39 is 15.6 Å². The average molecular weight is 350 g/mol. The summed E-state index contributed by atoms with van der Waals surface area (Å²) in [5.74, 6) is 0.999. The zero-order valence-corrected chi connectivity index (χ0v) is 15.3. The molecule has 0 saturated heterocycles. The Morgan fingerprint density at radius 3 is 2.58 bits per heavy atom. The number of nitrogens with one attached hydrogen (secondary N) is 1. The lowest BCUT2D eigenvalue weighted by Crippen LogP contribution is -2.41. The predicted octanol–water partition coefficient (Wildman–Crippen LogP) is 3.18. The fourth-order valence-corrected chi connectivity index (χ4v) is 4.73. The van der Waals surface area contributed by atoms with E-state index in [2.05, 4.69) is 9.88 Å². The van der Waals surface area contributed by atoms with Gasteiger partial charge in [0.25, 0.3) is 0 Å². The van der Waals surface area contributed by atoms with E-state index in [-0.39, 0.29) is 16.7 Å². The van der Waals surface area contributed by atoms with E-state index in [1.807, 2.05) is 39.0 Å². The van der Waals surface area contributed by atoms with Gasteiger partial charge in [0.05, 0.1) is 6.04 Å². The van der Waals surface area contributed by atoms with Crippen LogP contribution >= 0.6 is 0 Å². The number of benzene rings is 1. The first-order valence-electron chi connectivity index (χ1n) is 7.84. The Morgan fingerprint density at radius 2 is 1.96 bits per heavy atom. The molecule has 2 heterocycles. The number of fused-ring (bicyclic) bond motifs is 1. The highest BCUT2D eigenvalue weighted by molar-refractivity contribution is 7.89. The minimum atomic E-state index is -3.75. The molecule has 0 unspecified atom stereocenters. The maximum absolute atomic E-state index is 12.9. The third-order valence-corrected chi connectivity index (χ3v) is 5.87. The number of sulfonamides is 1. The minimum Gasteiger partial charge on any atom is -0.487 e. The molecule has 0 radical (unpaired) electrons. The zero-order chi connectivity index (χ0) is 17.7. The lowest BCUT2D eigenvalue weighted by molar-refractivity contribution is 0.0701. The number of nitrogens with zero attached hydrogens (tertiary/aromatic N) is 1. The monoisotopic (exact) mass is 350 g/mol. The van der Waals surface area contributed by atoms with Gasteiger partial charge in [-0.05, 0) is 40.7 Å². The molecule has 24 heavy (non-hydrogen) atoms. The standard InChI is InChI=1S/C17H22N2O4S/c1-10-6-7-15-13(8-10)14(9-17(4,5)22-15)19-24(20,21)16-11(2)18-23-12(16)3/h6-8,14,19H,9H2,1-5H3/t14-/m1/s1. The van der Waals surface area contributed by atoms with Crippen molar-refractivity contribution < 1.29 is 17.7 Å². The Labute approximate surface area is 142 Å². The van der Waals surface area contributed by atoms with Crippen LogP contribution in [0, 0.1) is 20.8 Å². The van der Waals surface area contributed by atoms with Gasteiger partial charge in [0, 0.05) is 12.0 Å². The topological polar surface area (TPSA) is 81.4 Å². The molecule has 0 aliphatic carbocycles. The lowest BCUT2D eigenvalue weighted by Gasteiger charge is -2.37. The maximum Gasteiger partial charge on any atom is 0.246 e. The van der Waals surface area contributed by atoms with Crippen molar-refractivity contribution in [3.05, 3.63) is 40.8 Å². The molecule has 0 saturated carbocycles. The number of hydrogen-bond acceptors (Lipinski definition) is 5. The highest BCUT2D eigenvalue weighted by atomic mass is 32.2. The third-order valence-electron chi connectivity index (χ3n) is 4.16. The molecule has 2 aromatic rings. The van der Waals surface area contributed by atoms with E-state index in [1.54, 1.807) is 13.8 Å². The van der Waals surface area contributed by atoms with Gasteiger partial charge in [0.2, 0.25) is 10.0 Å². The summed E-state index contributed by atoms with van der Waals surface area (Å²) >= 11 is 0. The van der Waals surface area contributed by atoms with Crippen molar-refractivity contribution in [1.29, 1.82) is 0 Å². The molecule has 1 aromatic heterocycles. The van der Waals surface area contributed by atoms with Gasteiger partial charge in [-0.2, -0.15) is 0 Å². The quantitative estimate of drug-likeness (QED) is 0.919. The van der Waals surface area contributed by atoms with Crippen LogP contribution in [0.4, 0.5) is 0 Å². The first-order chi connectivity index (χ1) is 11.1. The smallest absolute Gasteiger partial charge is 0.246 e. The van der Waals surface area contributed by atoms with Gasteiger partial charge in [0.15, 0.2) is 5.76 Å². The second kappa shape index (κ2) is 5.60. The van der Waals surface area contributed by atoms with E-state index in [4.69, 9.17) is 9.26 Å². The lowest BCUT2D eigenvalue weighted by atomic mass is 9.89. The molecule has 0 fully saturated rings. The number of rotatable bonds is 3. The van der Waals surface area contributed by atoms with Crippen molar-refractivity contribution in [2.45, 2.75) is 57.6 Å². The normalized spacial score (nSPS) is 19.6. The number of aromatic nitrogens is 1. The molecule has 1 aromatic carbocycles. The number of hydrogen-bond donors (Lipinski definition) is 1. The largest absolute Gasteiger partial charge is 0.487 e. The summed E-state index contributed by atoms with van der Waals surface area (Å²) in [6.45, 7) is 9.09. The fourth-order valence-electron chi connectivity index (χ4n) is 3.18. The Hall–Kier alpha value is -1.86. The molecular weight excluding hydrogens is 328 g/mol. The van der Waals surface area contributed by atoms with Crippen molar-refractivity contribution in [1.82, 2.24) is 9.88 Å². The summed E-state index contributed by atoms with van der Waals surface area (Å²) in [5.41, 5.74) is 1.80. The Balaban J connectivity index is 2.02. The van der Waals surface area contributed by atoms with Crippen molar-refractivity contribution in [2.75, 3.05) is 0 Å². The van der Waals surface area contributed by atoms with E-state index >= 15 is 0 Å². The SMILES string of the molecule is Cc1ccc2c(c1)[C@H](NS(=O)(=O)c1c(C)noc1C)CC(C)(C)O2. The molecule has 1 aliphatic heterocycles. The summed E-state index contributed by atoms with van der Waals surface area (Å²) < 4.78 is 39.5. The van der Waals surface area contributed by atoms with Crippen LogP contribution in [0.1, 0.15) is 48.9 Å². The first-order valence-corrected chi connectivity index (χ1v) is 9.32. The summed E-state index contributed by atoms with van der Waals surface area (Å²) in [4.78, 5) is 0.112. The summed E-state index contributed by atoms with van der Waals surface area (Å²) in [6, 6.07) is 5.44. The van der Waals surface area contributed by atoms with Crippen LogP contribution in [0.25, 0.3) is 0 Å². The zero-order valence-electron chi connectivity index (χ0n) is 14.5. The molecule has 1 aliphatic rings. The summed E-state index contributed by atoms with van der Waals surface area (Å²) in [5, 5.41) is 3.74. The molecular formula is C17H22N2O4S. The molecule has 1 atom stereocenters. The van der Waals surface area contributed by atoms with E-state index in [0.29, 0.717) is 17.9 Å². The van der Waals surface area contributed by atoms with Crippen molar-refractivity contribution in [3.8, 4) is 5.75 Å². The summed E-state index contributed by atoms with van der Waals surface area (Å²) in [6.07, 6.45) is 0.534. The van der Waals surface area contributed by atoms with Gasteiger partial charge in [-0.25, -0.2) is 13.1 Å². The maximum atomic E-state index is 12.9. The van der Waals surface area contributed by atoms with Gasteiger partial charge in [-0.1, -0.05) is 22.9 Å². The Bertz CT molecular complexity index is 864. The van der Waals surface area contributed by atoms with E-state index in [0.717, 1.165) is 11.1 Å². The molecule has 7 heteroatoms. The number of ether oxygens (including phenoxy) is 1. The van der Waals surface area contributed by atoms with Crippen LogP contribution in [0.5, 0.6) is 5.75 Å². The number of aryl methyl sites for hydroxylation is 3. The van der Waals surface area contributed by atoms with Crippen LogP contribution in [0.3, 0.4) is 0 Å². The van der Waals surface area contributed by atoms with Crippen LogP contribution < -0.4 is 9.46 Å². The molecule has 0 bridgehead atoms. The molecule has 0 amide bonds. The Morgan fingerprint density at radius 1 is 1.25 bits per heavy atom. The molecule has 3 rings (SSSR count). The molecule has 130 valence electrons. The minimum absolute atomic E-state index is 0.112. The van der Waals surface area contributed by atoms with Gasteiger partial charge in [-0.3, -0.25) is 0 Å². The first kappa shape index (κ1) is 17.0. The predicted molar refractivity (Wildman–Crippen MR) is 89.5 cm³/mol. The van der Waals surface area contributed by atoms with Gasteiger partial charge >= 0.3 is 0 Å². The second-order valence-corrected chi connectivity index (χ2v) is 8.59. The molecule has 0 spiro atoms. The summed E-state index contributed by atoms with van der Waals surface area (Å²) in [7, 11) is -3.75. The van der Waals surface area contributed by atoms with Crippen molar-refractivity contribution >= 4 is 10.0 Å². The van der Waals surface area contributed by atoms with Crippen LogP contribution in [-0.2, 0) is 10.0 Å². The van der Waals surface area contributed by atoms with Crippen molar-refractivity contribution in [2.24, 2.45) is 0 Å². The van der Waals surface area contributed by atoms with Gasteiger partial charge < -0.3 is 9.26 Å². The van der Waals surface area contributed by atoms with Gasteiger partial charge in [-0.15, -0.1) is 0 Å². The average Bonchev–Trinajstić information content (AvgIpc) is 2.78. The molecule has 1 N–H and O–H groups in total. The third kappa shape index (κ3) is 3.06. The highest BCUT2D eigenvalue weighted by Gasteiger charge is 2.37. The van der Waals surface area contributed by atoms with Crippen LogP contribution in [-0.4, -0.2) is 19.2 Å². The van der Waals surface area contributed by atoms with Gasteiger partial charge in [0.1, 0.15) is 21.9 Å². The van der Waals surface area contributed by atoms with E-state index in [9.17, 15) is 8.42 Å². The van der Waals surface area contributed by atoms with Crippen molar-refractivity contribution in [3.63, 3.8) is 0 Å². The fraction of sp³-hybridized carbons (Fsp3) is 0.471. The van der Waals surface area contributed by atoms with Crippen LogP contribution in [0.15, 0.2) is 27.6 Å².